The number of fused-ring (bicyclic) bond motifs is 2. The van der Waals surface area contributed by atoms with Crippen molar-refractivity contribution in [3.63, 3.8) is 0 Å². The van der Waals surface area contributed by atoms with Crippen LogP contribution in [0.5, 0.6) is 0 Å². The Morgan fingerprint density at radius 3 is 2.79 bits per heavy atom. The molecule has 0 aliphatic heterocycles. The van der Waals surface area contributed by atoms with Crippen LogP contribution in [0.3, 0.4) is 0 Å². The molecule has 0 atom stereocenters. The maximum absolute atomic E-state index is 13.6. The van der Waals surface area contributed by atoms with Crippen LogP contribution in [-0.4, -0.2) is 35.7 Å². The number of pyridine rings is 2. The SMILES string of the molecule is Cc1nc(N)nc2c1cc(-c1cnc3[nH]ccc3c1)c(=O)n2C1CCC(O)CC1. The Balaban J connectivity index is 1.78. The van der Waals surface area contributed by atoms with Crippen molar-refractivity contribution in [2.45, 2.75) is 44.8 Å². The highest BCUT2D eigenvalue weighted by atomic mass is 16.3. The molecule has 4 heterocycles. The zero-order chi connectivity index (χ0) is 20.1. The van der Waals surface area contributed by atoms with Crippen LogP contribution in [0.25, 0.3) is 33.2 Å². The van der Waals surface area contributed by atoms with E-state index in [9.17, 15) is 9.90 Å². The van der Waals surface area contributed by atoms with Crippen molar-refractivity contribution in [1.29, 1.82) is 0 Å². The topological polar surface area (TPSA) is 123 Å². The van der Waals surface area contributed by atoms with Gasteiger partial charge in [0.05, 0.1) is 11.8 Å². The molecule has 0 amide bonds. The predicted molar refractivity (Wildman–Crippen MR) is 112 cm³/mol. The monoisotopic (exact) mass is 390 g/mol. The molecule has 8 heteroatoms. The molecular formula is C21H22N6O2. The first-order chi connectivity index (χ1) is 14.0. The van der Waals surface area contributed by atoms with Crippen molar-refractivity contribution in [2.24, 2.45) is 0 Å². The normalized spacial score (nSPS) is 19.8. The summed E-state index contributed by atoms with van der Waals surface area (Å²) >= 11 is 0. The number of aliphatic hydroxyl groups excluding tert-OH is 1. The summed E-state index contributed by atoms with van der Waals surface area (Å²) in [5, 5.41) is 11.7. The molecule has 8 nitrogen and oxygen atoms in total. The van der Waals surface area contributed by atoms with E-state index in [1.54, 1.807) is 10.8 Å². The second kappa shape index (κ2) is 6.66. The third kappa shape index (κ3) is 2.96. The summed E-state index contributed by atoms with van der Waals surface area (Å²) < 4.78 is 1.75. The molecule has 0 aromatic carbocycles. The van der Waals surface area contributed by atoms with Crippen LogP contribution in [0.15, 0.2) is 35.4 Å². The third-order valence-electron chi connectivity index (χ3n) is 5.84. The second-order valence-electron chi connectivity index (χ2n) is 7.74. The summed E-state index contributed by atoms with van der Waals surface area (Å²) in [6.45, 7) is 1.87. The summed E-state index contributed by atoms with van der Waals surface area (Å²) in [5.41, 5.74) is 9.17. The van der Waals surface area contributed by atoms with E-state index in [4.69, 9.17) is 5.73 Å². The molecule has 4 aromatic heterocycles. The first kappa shape index (κ1) is 17.8. The molecule has 1 aliphatic carbocycles. The average Bonchev–Trinajstić information content (AvgIpc) is 3.16. The molecule has 5 rings (SSSR count). The lowest BCUT2D eigenvalue weighted by atomic mass is 9.92. The first-order valence-corrected chi connectivity index (χ1v) is 9.82. The molecule has 29 heavy (non-hydrogen) atoms. The van der Waals surface area contributed by atoms with Crippen LogP contribution in [0.4, 0.5) is 5.95 Å². The Bertz CT molecular complexity index is 1280. The highest BCUT2D eigenvalue weighted by Crippen LogP contribution is 2.32. The van der Waals surface area contributed by atoms with Crippen LogP contribution >= 0.6 is 0 Å². The second-order valence-corrected chi connectivity index (χ2v) is 7.74. The van der Waals surface area contributed by atoms with Crippen LogP contribution < -0.4 is 11.3 Å². The number of aromatic nitrogens is 5. The summed E-state index contributed by atoms with van der Waals surface area (Å²) in [4.78, 5) is 29.8. The Hall–Kier alpha value is -3.26. The van der Waals surface area contributed by atoms with E-state index in [1.165, 1.54) is 0 Å². The summed E-state index contributed by atoms with van der Waals surface area (Å²) in [6.07, 6.45) is 6.00. The Morgan fingerprint density at radius 1 is 1.21 bits per heavy atom. The minimum absolute atomic E-state index is 0.0361. The summed E-state index contributed by atoms with van der Waals surface area (Å²) in [5.74, 6) is 0.155. The van der Waals surface area contributed by atoms with Crippen molar-refractivity contribution in [2.75, 3.05) is 5.73 Å². The lowest BCUT2D eigenvalue weighted by molar-refractivity contribution is 0.111. The molecule has 0 unspecified atom stereocenters. The van der Waals surface area contributed by atoms with Gasteiger partial charge in [-0.3, -0.25) is 9.36 Å². The molecule has 4 aromatic rings. The number of nitrogen functional groups attached to an aromatic ring is 1. The van der Waals surface area contributed by atoms with Gasteiger partial charge in [-0.25, -0.2) is 9.97 Å². The Labute approximate surface area is 166 Å². The molecule has 4 N–H and O–H groups in total. The summed E-state index contributed by atoms with van der Waals surface area (Å²) in [7, 11) is 0. The highest BCUT2D eigenvalue weighted by Gasteiger charge is 2.25. The number of H-pyrrole nitrogens is 1. The highest BCUT2D eigenvalue weighted by molar-refractivity contribution is 5.86. The lowest BCUT2D eigenvalue weighted by Crippen LogP contribution is -2.31. The van der Waals surface area contributed by atoms with E-state index in [1.807, 2.05) is 31.3 Å². The minimum Gasteiger partial charge on any atom is -0.393 e. The van der Waals surface area contributed by atoms with E-state index < -0.39 is 0 Å². The molecule has 1 saturated carbocycles. The van der Waals surface area contributed by atoms with Crippen LogP contribution in [0.2, 0.25) is 0 Å². The number of hydrogen-bond acceptors (Lipinski definition) is 6. The molecule has 0 radical (unpaired) electrons. The fourth-order valence-electron chi connectivity index (χ4n) is 4.32. The van der Waals surface area contributed by atoms with Gasteiger partial charge in [0, 0.05) is 40.3 Å². The van der Waals surface area contributed by atoms with E-state index in [0.29, 0.717) is 24.1 Å². The molecule has 1 fully saturated rings. The van der Waals surface area contributed by atoms with Gasteiger partial charge in [0.15, 0.2) is 0 Å². The first-order valence-electron chi connectivity index (χ1n) is 9.82. The Morgan fingerprint density at radius 2 is 2.00 bits per heavy atom. The maximum Gasteiger partial charge on any atom is 0.260 e. The quantitative estimate of drug-likeness (QED) is 0.484. The van der Waals surface area contributed by atoms with E-state index in [-0.39, 0.29) is 23.7 Å². The fourth-order valence-corrected chi connectivity index (χ4v) is 4.32. The molecule has 1 aliphatic rings. The number of rotatable bonds is 2. The third-order valence-corrected chi connectivity index (χ3v) is 5.84. The number of aryl methyl sites for hydroxylation is 1. The van der Waals surface area contributed by atoms with E-state index in [2.05, 4.69) is 19.9 Å². The van der Waals surface area contributed by atoms with Crippen molar-refractivity contribution in [3.05, 3.63) is 46.6 Å². The number of hydrogen-bond donors (Lipinski definition) is 3. The van der Waals surface area contributed by atoms with Crippen LogP contribution in [0.1, 0.15) is 37.4 Å². The van der Waals surface area contributed by atoms with Crippen molar-refractivity contribution < 1.29 is 5.11 Å². The predicted octanol–water partition coefficient (Wildman–Crippen LogP) is 2.70. The van der Waals surface area contributed by atoms with Crippen LogP contribution in [-0.2, 0) is 0 Å². The van der Waals surface area contributed by atoms with Crippen LogP contribution in [0, 0.1) is 6.92 Å². The van der Waals surface area contributed by atoms with Gasteiger partial charge in [-0.2, -0.15) is 4.98 Å². The Kier molecular flexibility index (Phi) is 4.09. The molecule has 0 bridgehead atoms. The summed E-state index contributed by atoms with van der Waals surface area (Å²) in [6, 6.07) is 5.70. The lowest BCUT2D eigenvalue weighted by Gasteiger charge is -2.28. The minimum atomic E-state index is -0.307. The van der Waals surface area contributed by atoms with Gasteiger partial charge in [0.2, 0.25) is 5.95 Å². The van der Waals surface area contributed by atoms with Gasteiger partial charge < -0.3 is 15.8 Å². The number of aromatic amines is 1. The van der Waals surface area contributed by atoms with Gasteiger partial charge in [0.1, 0.15) is 11.3 Å². The van der Waals surface area contributed by atoms with Gasteiger partial charge in [-0.1, -0.05) is 0 Å². The van der Waals surface area contributed by atoms with E-state index >= 15 is 0 Å². The van der Waals surface area contributed by atoms with Gasteiger partial charge in [0.25, 0.3) is 5.56 Å². The average molecular weight is 390 g/mol. The smallest absolute Gasteiger partial charge is 0.260 e. The number of nitrogens with two attached hydrogens (primary N) is 1. The number of nitrogens with zero attached hydrogens (tertiary/aromatic N) is 4. The zero-order valence-electron chi connectivity index (χ0n) is 16.1. The zero-order valence-corrected chi connectivity index (χ0v) is 16.1. The van der Waals surface area contributed by atoms with Crippen molar-refractivity contribution in [3.8, 4) is 11.1 Å². The molecule has 148 valence electrons. The maximum atomic E-state index is 13.6. The molecule has 0 saturated heterocycles. The number of aliphatic hydroxyl groups is 1. The van der Waals surface area contributed by atoms with Crippen molar-refractivity contribution in [1.82, 2.24) is 24.5 Å². The van der Waals surface area contributed by atoms with E-state index in [0.717, 1.165) is 40.5 Å². The van der Waals surface area contributed by atoms with Gasteiger partial charge in [-0.05, 0) is 50.8 Å². The fraction of sp³-hybridized carbons (Fsp3) is 0.333. The number of anilines is 1. The number of nitrogens with one attached hydrogen (secondary N) is 1. The van der Waals surface area contributed by atoms with Crippen molar-refractivity contribution >= 4 is 28.0 Å². The standard InChI is InChI=1S/C21H22N6O2/c1-11-16-9-17(13-8-12-6-7-23-18(12)24-10-13)20(29)27(19(16)26-21(22)25-11)14-2-4-15(28)5-3-14/h6-10,14-15,28H,2-5H2,1H3,(H,23,24)(H2,22,25,26). The molecule has 0 spiro atoms. The van der Waals surface area contributed by atoms with Gasteiger partial charge in [-0.15, -0.1) is 0 Å². The molecular weight excluding hydrogens is 368 g/mol. The van der Waals surface area contributed by atoms with Gasteiger partial charge >= 0.3 is 0 Å². The largest absolute Gasteiger partial charge is 0.393 e.